The zero-order chi connectivity index (χ0) is 15.9. The molecule has 0 bridgehead atoms. The molecule has 2 N–H and O–H groups in total. The normalized spacial score (nSPS) is 21.5. The van der Waals surface area contributed by atoms with Crippen molar-refractivity contribution in [3.63, 3.8) is 0 Å². The topological polar surface area (TPSA) is 74.0 Å². The van der Waals surface area contributed by atoms with E-state index in [-0.39, 0.29) is 18.1 Å². The van der Waals surface area contributed by atoms with Crippen LogP contribution in [0.3, 0.4) is 0 Å². The van der Waals surface area contributed by atoms with Crippen LogP contribution in [0.4, 0.5) is 0 Å². The second-order valence-corrected chi connectivity index (χ2v) is 5.92. The Kier molecular flexibility index (Phi) is 3.78. The lowest BCUT2D eigenvalue weighted by Crippen LogP contribution is -2.32. The van der Waals surface area contributed by atoms with Crippen molar-refractivity contribution >= 4 is 5.91 Å². The van der Waals surface area contributed by atoms with E-state index in [1.165, 1.54) is 0 Å². The second-order valence-electron chi connectivity index (χ2n) is 5.92. The molecule has 0 aromatic carbocycles. The van der Waals surface area contributed by atoms with Crippen molar-refractivity contribution in [2.75, 3.05) is 13.7 Å². The van der Waals surface area contributed by atoms with Crippen molar-refractivity contribution in [1.82, 2.24) is 19.9 Å². The molecule has 22 heavy (non-hydrogen) atoms. The van der Waals surface area contributed by atoms with Gasteiger partial charge < -0.3 is 19.6 Å². The van der Waals surface area contributed by atoms with Crippen molar-refractivity contribution in [3.8, 4) is 0 Å². The molecule has 6 heteroatoms. The number of amides is 1. The summed E-state index contributed by atoms with van der Waals surface area (Å²) in [4.78, 5) is 25.7. The lowest BCUT2D eigenvalue weighted by Gasteiger charge is -2.23. The molecular weight excluding hydrogens is 280 g/mol. The largest absolute Gasteiger partial charge is 0.380 e. The molecule has 1 aliphatic rings. The number of imidazole rings is 1. The summed E-state index contributed by atoms with van der Waals surface area (Å²) in [6.45, 7) is 6.47. The lowest BCUT2D eigenvalue weighted by atomic mass is 10.1. The van der Waals surface area contributed by atoms with E-state index in [4.69, 9.17) is 4.74 Å². The molecule has 0 radical (unpaired) electrons. The van der Waals surface area contributed by atoms with Crippen LogP contribution in [0.25, 0.3) is 0 Å². The summed E-state index contributed by atoms with van der Waals surface area (Å²) in [6, 6.07) is 1.76. The fourth-order valence-corrected chi connectivity index (χ4v) is 3.02. The minimum atomic E-state index is -0.0702. The average Bonchev–Trinajstić information content (AvgIpc) is 3.18. The van der Waals surface area contributed by atoms with Crippen LogP contribution in [-0.4, -0.2) is 45.5 Å². The first-order valence-corrected chi connectivity index (χ1v) is 7.52. The molecule has 0 saturated carbocycles. The number of ether oxygens (including phenoxy) is 1. The van der Waals surface area contributed by atoms with Crippen LogP contribution in [0.5, 0.6) is 0 Å². The van der Waals surface area contributed by atoms with Crippen molar-refractivity contribution in [2.24, 2.45) is 0 Å². The Bertz CT molecular complexity index is 669. The van der Waals surface area contributed by atoms with Gasteiger partial charge >= 0.3 is 0 Å². The molecule has 3 heterocycles. The van der Waals surface area contributed by atoms with E-state index >= 15 is 0 Å². The maximum absolute atomic E-state index is 12.9. The third-order valence-corrected chi connectivity index (χ3v) is 4.50. The zero-order valence-electron chi connectivity index (χ0n) is 13.4. The number of hydrogen-bond donors (Lipinski definition) is 2. The molecule has 1 amide bonds. The van der Waals surface area contributed by atoms with Gasteiger partial charge in [0.1, 0.15) is 5.82 Å². The molecule has 3 rings (SSSR count). The highest BCUT2D eigenvalue weighted by Crippen LogP contribution is 2.33. The number of methoxy groups -OCH3 is 1. The van der Waals surface area contributed by atoms with Gasteiger partial charge in [0.25, 0.3) is 5.91 Å². The first kappa shape index (κ1) is 14.8. The number of H-pyrrole nitrogens is 2. The van der Waals surface area contributed by atoms with Crippen molar-refractivity contribution in [1.29, 1.82) is 0 Å². The maximum Gasteiger partial charge on any atom is 0.256 e. The van der Waals surface area contributed by atoms with E-state index in [1.807, 2.05) is 31.7 Å². The molecule has 1 fully saturated rings. The van der Waals surface area contributed by atoms with Crippen molar-refractivity contribution < 1.29 is 9.53 Å². The van der Waals surface area contributed by atoms with Gasteiger partial charge in [0, 0.05) is 37.7 Å². The van der Waals surface area contributed by atoms with Crippen molar-refractivity contribution in [3.05, 3.63) is 40.7 Å². The van der Waals surface area contributed by atoms with Gasteiger partial charge in [0.15, 0.2) is 0 Å². The van der Waals surface area contributed by atoms with Crippen molar-refractivity contribution in [2.45, 2.75) is 39.3 Å². The highest BCUT2D eigenvalue weighted by molar-refractivity contribution is 5.95. The van der Waals surface area contributed by atoms with Crippen LogP contribution in [0.2, 0.25) is 0 Å². The Balaban J connectivity index is 1.93. The predicted octanol–water partition coefficient (Wildman–Crippen LogP) is 2.27. The van der Waals surface area contributed by atoms with E-state index in [0.29, 0.717) is 12.1 Å². The molecular formula is C16H22N4O2. The molecule has 2 aromatic rings. The fraction of sp³-hybridized carbons (Fsp3) is 0.500. The Morgan fingerprint density at radius 1 is 1.36 bits per heavy atom. The maximum atomic E-state index is 12.9. The Labute approximate surface area is 129 Å². The van der Waals surface area contributed by atoms with Crippen LogP contribution in [0.15, 0.2) is 12.3 Å². The number of carbonyl (C=O) groups is 1. The number of carbonyl (C=O) groups excluding carboxylic acids is 1. The predicted molar refractivity (Wildman–Crippen MR) is 82.8 cm³/mol. The standard InChI is InChI=1S/C16H22N4O2/c1-9-10(2)19-15(18-9)14-7-12(22-4)8-20(14)16(21)13-5-6-17-11(13)3/h5-6,12,14,17H,7-8H2,1-4H3,(H,18,19)/t12-,14+/m1/s1. The average molecular weight is 302 g/mol. The summed E-state index contributed by atoms with van der Waals surface area (Å²) < 4.78 is 5.48. The van der Waals surface area contributed by atoms with Gasteiger partial charge in [0.05, 0.1) is 23.4 Å². The van der Waals surface area contributed by atoms with Crippen LogP contribution in [0.1, 0.15) is 45.7 Å². The number of rotatable bonds is 3. The van der Waals surface area contributed by atoms with E-state index in [9.17, 15) is 4.79 Å². The molecule has 6 nitrogen and oxygen atoms in total. The fourth-order valence-electron chi connectivity index (χ4n) is 3.02. The lowest BCUT2D eigenvalue weighted by molar-refractivity contribution is 0.0684. The summed E-state index contributed by atoms with van der Waals surface area (Å²) in [5, 5.41) is 0. The Morgan fingerprint density at radius 2 is 2.14 bits per heavy atom. The number of likely N-dealkylation sites (tertiary alicyclic amines) is 1. The van der Waals surface area contributed by atoms with Gasteiger partial charge in [-0.1, -0.05) is 0 Å². The zero-order valence-corrected chi connectivity index (χ0v) is 13.4. The SMILES string of the molecule is CO[C@@H]1C[C@@H](c2nc(C)c(C)[nH]2)N(C(=O)c2cc[nH]c2C)C1. The van der Waals surface area contributed by atoms with Crippen LogP contribution in [0, 0.1) is 20.8 Å². The molecule has 1 saturated heterocycles. The highest BCUT2D eigenvalue weighted by atomic mass is 16.5. The van der Waals surface area contributed by atoms with E-state index < -0.39 is 0 Å². The van der Waals surface area contributed by atoms with E-state index in [0.717, 1.165) is 29.3 Å². The molecule has 2 atom stereocenters. The molecule has 118 valence electrons. The van der Waals surface area contributed by atoms with Gasteiger partial charge in [-0.3, -0.25) is 4.79 Å². The number of aryl methyl sites for hydroxylation is 3. The number of nitrogens with one attached hydrogen (secondary N) is 2. The summed E-state index contributed by atoms with van der Waals surface area (Å²) in [6.07, 6.45) is 2.60. The van der Waals surface area contributed by atoms with E-state index in [1.54, 1.807) is 13.3 Å². The Morgan fingerprint density at radius 3 is 2.68 bits per heavy atom. The highest BCUT2D eigenvalue weighted by Gasteiger charge is 2.38. The van der Waals surface area contributed by atoms with Gasteiger partial charge in [-0.2, -0.15) is 0 Å². The summed E-state index contributed by atoms with van der Waals surface area (Å²) in [5.74, 6) is 0.867. The molecule has 2 aromatic heterocycles. The minimum Gasteiger partial charge on any atom is -0.380 e. The Hall–Kier alpha value is -2.08. The van der Waals surface area contributed by atoms with Gasteiger partial charge in [0.2, 0.25) is 0 Å². The smallest absolute Gasteiger partial charge is 0.256 e. The summed E-state index contributed by atoms with van der Waals surface area (Å²) >= 11 is 0. The molecule has 0 unspecified atom stereocenters. The number of nitrogens with zero attached hydrogens (tertiary/aromatic N) is 2. The molecule has 0 spiro atoms. The van der Waals surface area contributed by atoms with Gasteiger partial charge in [-0.25, -0.2) is 4.98 Å². The summed E-state index contributed by atoms with van der Waals surface area (Å²) in [5.41, 5.74) is 3.61. The molecule has 1 aliphatic heterocycles. The monoisotopic (exact) mass is 302 g/mol. The third-order valence-electron chi connectivity index (χ3n) is 4.50. The van der Waals surface area contributed by atoms with Gasteiger partial charge in [-0.05, 0) is 26.8 Å². The summed E-state index contributed by atoms with van der Waals surface area (Å²) in [7, 11) is 1.69. The number of aromatic nitrogens is 3. The number of aromatic amines is 2. The second kappa shape index (κ2) is 5.61. The first-order chi connectivity index (χ1) is 10.5. The van der Waals surface area contributed by atoms with Gasteiger partial charge in [-0.15, -0.1) is 0 Å². The number of hydrogen-bond acceptors (Lipinski definition) is 3. The van der Waals surface area contributed by atoms with Crippen LogP contribution >= 0.6 is 0 Å². The van der Waals surface area contributed by atoms with Crippen LogP contribution < -0.4 is 0 Å². The third kappa shape index (κ3) is 2.43. The van der Waals surface area contributed by atoms with E-state index in [2.05, 4.69) is 15.0 Å². The first-order valence-electron chi connectivity index (χ1n) is 7.52. The van der Waals surface area contributed by atoms with Crippen LogP contribution in [-0.2, 0) is 4.74 Å². The quantitative estimate of drug-likeness (QED) is 0.913. The minimum absolute atomic E-state index is 0.0232. The molecule has 0 aliphatic carbocycles.